The molecule has 0 radical (unpaired) electrons. The van der Waals surface area contributed by atoms with E-state index in [0.29, 0.717) is 27.8 Å². The van der Waals surface area contributed by atoms with E-state index in [4.69, 9.17) is 4.42 Å². The fraction of sp³-hybridized carbons (Fsp3) is 0.194. The number of carbonyl (C=O) groups is 5. The third kappa shape index (κ3) is 5.51. The molecule has 6 heterocycles. The number of imide groups is 2. The fourth-order valence-corrected chi connectivity index (χ4v) is 6.44. The predicted octanol–water partition coefficient (Wildman–Crippen LogP) is 2.41. The average molecular weight is 637 g/mol. The van der Waals surface area contributed by atoms with Gasteiger partial charge in [-0.3, -0.25) is 39.2 Å². The number of pyridine rings is 2. The van der Waals surface area contributed by atoms with E-state index in [1.54, 1.807) is 55.1 Å². The zero-order valence-corrected chi connectivity index (χ0v) is 24.8. The molecule has 2 unspecified atom stereocenters. The van der Waals surface area contributed by atoms with Gasteiger partial charge in [-0.15, -0.1) is 16.9 Å². The Balaban J connectivity index is 1.03. The molecular formula is C31H24N8O6S. The second-order valence-electron chi connectivity index (χ2n) is 10.7. The smallest absolute Gasteiger partial charge is 0.263 e. The fourth-order valence-electron chi connectivity index (χ4n) is 5.49. The molecular weight excluding hydrogens is 612 g/mol. The minimum Gasteiger partial charge on any atom is -0.440 e. The molecule has 0 aliphatic carbocycles. The summed E-state index contributed by atoms with van der Waals surface area (Å²) in [7, 11) is 0. The SMILES string of the molecule is O=C1CCC(N2C(=O)c3cccc(SCc4cn(CC(=O)NC(c5cccnc5)c5cc6cccnc6o5)nn4)c3C2=O)C(=O)N1. The molecule has 230 valence electrons. The van der Waals surface area contributed by atoms with Crippen molar-refractivity contribution >= 4 is 52.4 Å². The number of rotatable bonds is 9. The summed E-state index contributed by atoms with van der Waals surface area (Å²) in [6, 6.07) is 12.4. The van der Waals surface area contributed by atoms with Crippen molar-refractivity contribution in [2.24, 2.45) is 0 Å². The number of benzene rings is 1. The topological polar surface area (TPSA) is 182 Å². The highest BCUT2D eigenvalue weighted by Gasteiger charge is 2.45. The number of piperidine rings is 1. The quantitative estimate of drug-likeness (QED) is 0.179. The molecule has 0 bridgehead atoms. The maximum absolute atomic E-state index is 13.4. The maximum atomic E-state index is 13.4. The molecule has 5 aromatic rings. The molecule has 2 aliphatic rings. The molecule has 1 fully saturated rings. The number of nitrogens with zero attached hydrogens (tertiary/aromatic N) is 6. The summed E-state index contributed by atoms with van der Waals surface area (Å²) in [5.41, 5.74) is 2.13. The summed E-state index contributed by atoms with van der Waals surface area (Å²) < 4.78 is 7.34. The number of carbonyl (C=O) groups excluding carboxylic acids is 5. The van der Waals surface area contributed by atoms with E-state index >= 15 is 0 Å². The maximum Gasteiger partial charge on any atom is 0.263 e. The summed E-state index contributed by atoms with van der Waals surface area (Å²) in [4.78, 5) is 73.5. The summed E-state index contributed by atoms with van der Waals surface area (Å²) in [6.45, 7) is -0.123. The first kappa shape index (κ1) is 29.0. The third-order valence-corrected chi connectivity index (χ3v) is 8.71. The zero-order chi connectivity index (χ0) is 31.8. The van der Waals surface area contributed by atoms with Crippen molar-refractivity contribution in [3.8, 4) is 0 Å². The van der Waals surface area contributed by atoms with Gasteiger partial charge in [0.15, 0.2) is 0 Å². The highest BCUT2D eigenvalue weighted by molar-refractivity contribution is 7.98. The lowest BCUT2D eigenvalue weighted by Crippen LogP contribution is -2.54. The predicted molar refractivity (Wildman–Crippen MR) is 161 cm³/mol. The molecule has 46 heavy (non-hydrogen) atoms. The van der Waals surface area contributed by atoms with Crippen LogP contribution < -0.4 is 10.6 Å². The van der Waals surface area contributed by atoms with E-state index in [9.17, 15) is 24.0 Å². The van der Waals surface area contributed by atoms with Crippen molar-refractivity contribution < 1.29 is 28.4 Å². The summed E-state index contributed by atoms with van der Waals surface area (Å²) in [5, 5.41) is 14.2. The average Bonchev–Trinajstić information content (AvgIpc) is 3.76. The molecule has 4 aromatic heterocycles. The highest BCUT2D eigenvalue weighted by Crippen LogP contribution is 2.35. The van der Waals surface area contributed by atoms with Crippen molar-refractivity contribution in [2.45, 2.75) is 42.1 Å². The van der Waals surface area contributed by atoms with Crippen LogP contribution in [0.3, 0.4) is 0 Å². The Hall–Kier alpha value is -5.70. The largest absolute Gasteiger partial charge is 0.440 e. The van der Waals surface area contributed by atoms with E-state index in [1.165, 1.54) is 16.4 Å². The number of aromatic nitrogens is 5. The van der Waals surface area contributed by atoms with Gasteiger partial charge in [0.1, 0.15) is 24.4 Å². The van der Waals surface area contributed by atoms with E-state index in [0.717, 1.165) is 15.8 Å². The van der Waals surface area contributed by atoms with Gasteiger partial charge in [0.2, 0.25) is 23.4 Å². The van der Waals surface area contributed by atoms with Gasteiger partial charge in [-0.1, -0.05) is 17.3 Å². The van der Waals surface area contributed by atoms with E-state index in [1.807, 2.05) is 18.2 Å². The Bertz CT molecular complexity index is 1990. The molecule has 5 amide bonds. The summed E-state index contributed by atoms with van der Waals surface area (Å²) in [5.74, 6) is -1.80. The van der Waals surface area contributed by atoms with Gasteiger partial charge in [0, 0.05) is 52.8 Å². The third-order valence-electron chi connectivity index (χ3n) is 7.62. The van der Waals surface area contributed by atoms with Crippen molar-refractivity contribution in [3.05, 3.63) is 101 Å². The number of nitrogens with one attached hydrogen (secondary N) is 2. The summed E-state index contributed by atoms with van der Waals surface area (Å²) >= 11 is 1.28. The molecule has 7 rings (SSSR count). The van der Waals surface area contributed by atoms with E-state index in [2.05, 4.69) is 30.9 Å². The lowest BCUT2D eigenvalue weighted by atomic mass is 10.0. The Morgan fingerprint density at radius 3 is 2.76 bits per heavy atom. The van der Waals surface area contributed by atoms with Gasteiger partial charge in [-0.25, -0.2) is 9.67 Å². The Morgan fingerprint density at radius 2 is 1.96 bits per heavy atom. The zero-order valence-electron chi connectivity index (χ0n) is 24.0. The van der Waals surface area contributed by atoms with Crippen molar-refractivity contribution in [1.29, 1.82) is 0 Å². The number of fused-ring (bicyclic) bond motifs is 2. The lowest BCUT2D eigenvalue weighted by molar-refractivity contribution is -0.136. The Kier molecular flexibility index (Phi) is 7.58. The van der Waals surface area contributed by atoms with Crippen molar-refractivity contribution in [3.63, 3.8) is 0 Å². The van der Waals surface area contributed by atoms with E-state index < -0.39 is 35.7 Å². The second-order valence-corrected chi connectivity index (χ2v) is 11.7. The molecule has 0 spiro atoms. The van der Waals surface area contributed by atoms with Crippen LogP contribution >= 0.6 is 11.8 Å². The second kappa shape index (κ2) is 12.0. The molecule has 15 heteroatoms. The first-order chi connectivity index (χ1) is 22.4. The normalized spacial score (nSPS) is 16.9. The molecule has 14 nitrogen and oxygen atoms in total. The monoisotopic (exact) mass is 636 g/mol. The standard InChI is InChI=1S/C31H24N8O6S/c40-24-9-8-21(28(42)35-24)39-30(43)20-6-1-7-23(26(20)31(39)44)46-16-19-14-38(37-36-19)15-25(41)34-27(18-5-2-10-32-13-18)22-12-17-4-3-11-33-29(17)45-22/h1-7,10-14,21,27H,8-9,15-16H2,(H,34,41)(H,35,40,42). The minimum absolute atomic E-state index is 0.0423. The van der Waals surface area contributed by atoms with Crippen LogP contribution in [0.15, 0.2) is 82.6 Å². The molecule has 2 aliphatic heterocycles. The molecule has 1 saturated heterocycles. The molecule has 2 N–H and O–H groups in total. The van der Waals surface area contributed by atoms with Gasteiger partial charge in [0.25, 0.3) is 11.8 Å². The van der Waals surface area contributed by atoms with Crippen molar-refractivity contribution in [1.82, 2.24) is 40.5 Å². The van der Waals surface area contributed by atoms with Crippen LogP contribution in [-0.2, 0) is 26.7 Å². The summed E-state index contributed by atoms with van der Waals surface area (Å²) in [6.07, 6.45) is 6.67. The van der Waals surface area contributed by atoms with E-state index in [-0.39, 0.29) is 36.4 Å². The molecule has 0 saturated carbocycles. The minimum atomic E-state index is -1.05. The van der Waals surface area contributed by atoms with Crippen LogP contribution in [-0.4, -0.2) is 65.4 Å². The highest BCUT2D eigenvalue weighted by atomic mass is 32.2. The molecule has 1 aromatic carbocycles. The molecule has 2 atom stereocenters. The van der Waals surface area contributed by atoms with Crippen LogP contribution in [0.25, 0.3) is 11.1 Å². The number of thioether (sulfide) groups is 1. The van der Waals surface area contributed by atoms with Crippen LogP contribution in [0, 0.1) is 0 Å². The first-order valence-electron chi connectivity index (χ1n) is 14.3. The van der Waals surface area contributed by atoms with Crippen LogP contribution in [0.1, 0.15) is 56.6 Å². The number of hydrogen-bond donors (Lipinski definition) is 2. The lowest BCUT2D eigenvalue weighted by Gasteiger charge is -2.27. The van der Waals surface area contributed by atoms with Crippen LogP contribution in [0.4, 0.5) is 0 Å². The first-order valence-corrected chi connectivity index (χ1v) is 15.2. The van der Waals surface area contributed by atoms with Crippen LogP contribution in [0.2, 0.25) is 0 Å². The number of hydrogen-bond acceptors (Lipinski definition) is 11. The van der Waals surface area contributed by atoms with Crippen LogP contribution in [0.5, 0.6) is 0 Å². The number of amides is 5. The van der Waals surface area contributed by atoms with Gasteiger partial charge < -0.3 is 9.73 Å². The van der Waals surface area contributed by atoms with Gasteiger partial charge in [-0.2, -0.15) is 0 Å². The number of furan rings is 1. The van der Waals surface area contributed by atoms with Crippen molar-refractivity contribution in [2.75, 3.05) is 0 Å². The van der Waals surface area contributed by atoms with Gasteiger partial charge in [0.05, 0.1) is 16.8 Å². The Labute approximate surface area is 264 Å². The van der Waals surface area contributed by atoms with Gasteiger partial charge >= 0.3 is 0 Å². The van der Waals surface area contributed by atoms with Gasteiger partial charge in [-0.05, 0) is 42.8 Å². The Morgan fingerprint density at radius 1 is 1.09 bits per heavy atom.